The third-order valence-corrected chi connectivity index (χ3v) is 6.03. The van der Waals surface area contributed by atoms with E-state index in [1.165, 1.54) is 17.7 Å². The zero-order chi connectivity index (χ0) is 19.5. The Hall–Kier alpha value is -2.58. The molecule has 0 spiro atoms. The molecule has 1 amide bonds. The number of aryl methyl sites for hydroxylation is 2. The first-order chi connectivity index (χ1) is 13.6. The van der Waals surface area contributed by atoms with E-state index in [0.29, 0.717) is 18.0 Å². The molecule has 3 aromatic rings. The molecular weight excluding hydrogens is 374 g/mol. The number of rotatable bonds is 6. The molecule has 1 atom stereocenters. The van der Waals surface area contributed by atoms with Crippen LogP contribution < -0.4 is 10.6 Å². The van der Waals surface area contributed by atoms with Crippen LogP contribution >= 0.6 is 11.3 Å². The molecule has 3 aromatic heterocycles. The van der Waals surface area contributed by atoms with Crippen molar-refractivity contribution in [2.45, 2.75) is 39.3 Å². The fourth-order valence-corrected chi connectivity index (χ4v) is 4.45. The zero-order valence-electron chi connectivity index (χ0n) is 16.0. The number of pyridine rings is 1. The molecule has 0 unspecified atom stereocenters. The van der Waals surface area contributed by atoms with Crippen molar-refractivity contribution in [2.24, 2.45) is 0 Å². The van der Waals surface area contributed by atoms with E-state index in [1.54, 1.807) is 0 Å². The van der Waals surface area contributed by atoms with Gasteiger partial charge in [0.1, 0.15) is 17.0 Å². The molecule has 0 bridgehead atoms. The maximum absolute atomic E-state index is 12.8. The molecule has 0 saturated carbocycles. The van der Waals surface area contributed by atoms with E-state index in [9.17, 15) is 4.79 Å². The van der Waals surface area contributed by atoms with E-state index in [1.807, 2.05) is 32.0 Å². The molecule has 2 N–H and O–H groups in total. The molecule has 1 saturated heterocycles. The average molecular weight is 398 g/mol. The number of carbonyl (C=O) groups is 1. The summed E-state index contributed by atoms with van der Waals surface area (Å²) in [7, 11) is 0. The lowest BCUT2D eigenvalue weighted by Crippen LogP contribution is -2.23. The van der Waals surface area contributed by atoms with Crippen LogP contribution in [0, 0.1) is 13.8 Å². The monoisotopic (exact) mass is 397 g/mol. The number of nitrogens with one attached hydrogen (secondary N) is 2. The smallest absolute Gasteiger partial charge is 0.262 e. The number of hydrogen-bond acceptors (Lipinski definition) is 7. The van der Waals surface area contributed by atoms with E-state index in [-0.39, 0.29) is 12.0 Å². The summed E-state index contributed by atoms with van der Waals surface area (Å²) in [6, 6.07) is 5.78. The van der Waals surface area contributed by atoms with Gasteiger partial charge in [-0.25, -0.2) is 9.97 Å². The van der Waals surface area contributed by atoms with Crippen molar-refractivity contribution in [1.82, 2.24) is 20.3 Å². The van der Waals surface area contributed by atoms with Gasteiger partial charge >= 0.3 is 0 Å². The van der Waals surface area contributed by atoms with Crippen molar-refractivity contribution < 1.29 is 9.53 Å². The van der Waals surface area contributed by atoms with Gasteiger partial charge in [0, 0.05) is 18.8 Å². The third kappa shape index (κ3) is 3.98. The summed E-state index contributed by atoms with van der Waals surface area (Å²) in [4.78, 5) is 27.4. The molecule has 28 heavy (non-hydrogen) atoms. The lowest BCUT2D eigenvalue weighted by atomic mass is 10.2. The fraction of sp³-hybridized carbons (Fsp3) is 0.400. The number of fused-ring (bicyclic) bond motifs is 1. The second-order valence-electron chi connectivity index (χ2n) is 6.93. The second-order valence-corrected chi connectivity index (χ2v) is 7.93. The zero-order valence-corrected chi connectivity index (χ0v) is 16.8. The molecule has 146 valence electrons. The number of aromatic nitrogens is 3. The topological polar surface area (TPSA) is 89.0 Å². The molecule has 0 aromatic carbocycles. The molecule has 4 heterocycles. The normalized spacial score (nSPS) is 16.4. The number of thiophene rings is 1. The Morgan fingerprint density at radius 3 is 3.00 bits per heavy atom. The Balaban J connectivity index is 1.51. The lowest BCUT2D eigenvalue weighted by molar-refractivity contribution is 0.0954. The van der Waals surface area contributed by atoms with E-state index < -0.39 is 0 Å². The van der Waals surface area contributed by atoms with Crippen molar-refractivity contribution >= 4 is 33.3 Å². The molecule has 1 aliphatic rings. The van der Waals surface area contributed by atoms with Gasteiger partial charge in [-0.05, 0) is 44.4 Å². The molecule has 0 aliphatic carbocycles. The summed E-state index contributed by atoms with van der Waals surface area (Å²) < 4.78 is 5.67. The van der Waals surface area contributed by atoms with Gasteiger partial charge in [-0.1, -0.05) is 6.07 Å². The third-order valence-electron chi connectivity index (χ3n) is 4.83. The van der Waals surface area contributed by atoms with Crippen LogP contribution in [0.4, 0.5) is 5.82 Å². The Bertz CT molecular complexity index is 997. The van der Waals surface area contributed by atoms with Gasteiger partial charge in [0.25, 0.3) is 5.91 Å². The molecule has 0 radical (unpaired) electrons. The Morgan fingerprint density at radius 2 is 2.21 bits per heavy atom. The second kappa shape index (κ2) is 8.20. The molecule has 4 rings (SSSR count). The summed E-state index contributed by atoms with van der Waals surface area (Å²) in [5.41, 5.74) is 2.66. The summed E-state index contributed by atoms with van der Waals surface area (Å²) >= 11 is 1.39. The predicted molar refractivity (Wildman–Crippen MR) is 110 cm³/mol. The van der Waals surface area contributed by atoms with Crippen molar-refractivity contribution in [2.75, 3.05) is 18.5 Å². The minimum atomic E-state index is -0.117. The van der Waals surface area contributed by atoms with Crippen molar-refractivity contribution in [3.8, 4) is 0 Å². The van der Waals surface area contributed by atoms with Crippen LogP contribution in [0.3, 0.4) is 0 Å². The van der Waals surface area contributed by atoms with Crippen LogP contribution in [-0.2, 0) is 11.3 Å². The number of anilines is 1. The molecule has 8 heteroatoms. The number of nitrogens with zero attached hydrogens (tertiary/aromatic N) is 3. The predicted octanol–water partition coefficient (Wildman–Crippen LogP) is 3.22. The summed E-state index contributed by atoms with van der Waals surface area (Å²) in [5, 5.41) is 7.24. The Kier molecular flexibility index (Phi) is 5.50. The summed E-state index contributed by atoms with van der Waals surface area (Å²) in [5.74, 6) is 0.641. The van der Waals surface area contributed by atoms with Crippen LogP contribution in [0.25, 0.3) is 10.2 Å². The lowest BCUT2D eigenvalue weighted by Gasteiger charge is -2.12. The highest BCUT2D eigenvalue weighted by Gasteiger charge is 2.21. The van der Waals surface area contributed by atoms with Gasteiger partial charge in [-0.15, -0.1) is 11.3 Å². The molecule has 7 nitrogen and oxygen atoms in total. The number of carbonyl (C=O) groups excluding carboxylic acids is 1. The van der Waals surface area contributed by atoms with Crippen LogP contribution in [-0.4, -0.2) is 40.1 Å². The van der Waals surface area contributed by atoms with Gasteiger partial charge in [0.15, 0.2) is 0 Å². The first-order valence-corrected chi connectivity index (χ1v) is 10.2. The van der Waals surface area contributed by atoms with Crippen LogP contribution in [0.5, 0.6) is 0 Å². The number of hydrogen-bond donors (Lipinski definition) is 2. The minimum Gasteiger partial charge on any atom is -0.376 e. The van der Waals surface area contributed by atoms with Crippen molar-refractivity contribution in [3.63, 3.8) is 0 Å². The Morgan fingerprint density at radius 1 is 1.32 bits per heavy atom. The maximum Gasteiger partial charge on any atom is 0.262 e. The van der Waals surface area contributed by atoms with Gasteiger partial charge in [0.05, 0.1) is 28.6 Å². The highest BCUT2D eigenvalue weighted by Crippen LogP contribution is 2.33. The van der Waals surface area contributed by atoms with Gasteiger partial charge in [0.2, 0.25) is 0 Å². The van der Waals surface area contributed by atoms with Crippen LogP contribution in [0.2, 0.25) is 0 Å². The highest BCUT2D eigenvalue weighted by molar-refractivity contribution is 7.20. The van der Waals surface area contributed by atoms with Gasteiger partial charge in [-0.3, -0.25) is 9.78 Å². The van der Waals surface area contributed by atoms with Gasteiger partial charge in [-0.2, -0.15) is 0 Å². The average Bonchev–Trinajstić information content (AvgIpc) is 3.33. The number of ether oxygens (including phenoxy) is 1. The summed E-state index contributed by atoms with van der Waals surface area (Å²) in [6.07, 6.45) is 3.91. The fourth-order valence-electron chi connectivity index (χ4n) is 3.39. The van der Waals surface area contributed by atoms with E-state index in [2.05, 4.69) is 25.6 Å². The minimum absolute atomic E-state index is 0.117. The number of amides is 1. The Labute approximate surface area is 167 Å². The van der Waals surface area contributed by atoms with E-state index in [0.717, 1.165) is 52.4 Å². The van der Waals surface area contributed by atoms with E-state index in [4.69, 9.17) is 4.74 Å². The first kappa shape index (κ1) is 18.8. The highest BCUT2D eigenvalue weighted by atomic mass is 32.1. The van der Waals surface area contributed by atoms with Crippen LogP contribution in [0.15, 0.2) is 24.5 Å². The first-order valence-electron chi connectivity index (χ1n) is 9.42. The van der Waals surface area contributed by atoms with Crippen molar-refractivity contribution in [1.29, 1.82) is 0 Å². The van der Waals surface area contributed by atoms with Gasteiger partial charge < -0.3 is 15.4 Å². The standard InChI is InChI=1S/C20H23N5O2S/c1-12-5-3-6-14(25-12)9-22-19(26)17-13(2)16-18(23-11-24-20(16)28-17)21-10-15-7-4-8-27-15/h3,5-6,11,15H,4,7-10H2,1-2H3,(H,22,26)(H,21,23,24)/t15-/m0/s1. The quantitative estimate of drug-likeness (QED) is 0.664. The van der Waals surface area contributed by atoms with Crippen LogP contribution in [0.1, 0.15) is 39.5 Å². The van der Waals surface area contributed by atoms with Crippen molar-refractivity contribution in [3.05, 3.63) is 46.4 Å². The molecular formula is C20H23N5O2S. The summed E-state index contributed by atoms with van der Waals surface area (Å²) in [6.45, 7) is 5.81. The van der Waals surface area contributed by atoms with E-state index >= 15 is 0 Å². The molecule has 1 fully saturated rings. The largest absolute Gasteiger partial charge is 0.376 e. The molecule has 1 aliphatic heterocycles. The maximum atomic E-state index is 12.8. The SMILES string of the molecule is Cc1cccc(CNC(=O)c2sc3ncnc(NC[C@@H]4CCCO4)c3c2C)n1.